The van der Waals surface area contributed by atoms with Crippen molar-refractivity contribution in [3.05, 3.63) is 58.6 Å². The highest BCUT2D eigenvalue weighted by Gasteiger charge is 2.30. The molecule has 2 aromatic rings. The van der Waals surface area contributed by atoms with Crippen molar-refractivity contribution in [2.45, 2.75) is 37.0 Å². The van der Waals surface area contributed by atoms with E-state index in [1.54, 1.807) is 12.1 Å². The van der Waals surface area contributed by atoms with Crippen molar-refractivity contribution in [3.63, 3.8) is 0 Å². The number of rotatable bonds is 5. The third kappa shape index (κ3) is 4.87. The Morgan fingerprint density at radius 2 is 1.86 bits per heavy atom. The zero-order valence-corrected chi connectivity index (χ0v) is 19.0. The van der Waals surface area contributed by atoms with Crippen LogP contribution in [0.3, 0.4) is 0 Å². The van der Waals surface area contributed by atoms with Crippen LogP contribution < -0.4 is 5.32 Å². The average molecular weight is 478 g/mol. The molecule has 0 spiro atoms. The topological polar surface area (TPSA) is 78.8 Å². The second-order valence-corrected chi connectivity index (χ2v) is 10.1. The number of carbonyl (C=O) groups excluding carboxylic acids is 1. The predicted octanol–water partition coefficient (Wildman–Crippen LogP) is 4.18. The highest BCUT2D eigenvalue weighted by atomic mass is 79.9. The van der Waals surface area contributed by atoms with E-state index in [9.17, 15) is 13.2 Å². The molecule has 1 amide bonds. The summed E-state index contributed by atoms with van der Waals surface area (Å²) in [5, 5.41) is 2.84. The molecule has 1 saturated heterocycles. The molecule has 1 aliphatic rings. The second-order valence-electron chi connectivity index (χ2n) is 7.62. The first kappa shape index (κ1) is 21.5. The minimum Gasteiger partial charge on any atom is -0.362 e. The zero-order valence-electron chi connectivity index (χ0n) is 16.6. The van der Waals surface area contributed by atoms with Crippen molar-refractivity contribution in [1.82, 2.24) is 4.90 Å². The van der Waals surface area contributed by atoms with Gasteiger partial charge in [-0.3, -0.25) is 4.79 Å². The fourth-order valence-corrected chi connectivity index (χ4v) is 4.52. The van der Waals surface area contributed by atoms with Gasteiger partial charge < -0.3 is 10.2 Å². The van der Waals surface area contributed by atoms with Crippen molar-refractivity contribution in [2.75, 3.05) is 18.9 Å². The van der Waals surface area contributed by atoms with Crippen LogP contribution in [0, 0.1) is 0 Å². The Bertz CT molecular complexity index is 1050. The normalized spacial score (nSPS) is 16.3. The lowest BCUT2D eigenvalue weighted by Gasteiger charge is -2.24. The number of hydrogen-bond donors (Lipinski definition) is 1. The van der Waals surface area contributed by atoms with Crippen LogP contribution in [-0.2, 0) is 20.2 Å². The van der Waals surface area contributed by atoms with E-state index in [0.717, 1.165) is 23.0 Å². The van der Waals surface area contributed by atoms with Gasteiger partial charge in [0.05, 0.1) is 10.3 Å². The van der Waals surface area contributed by atoms with Gasteiger partial charge in [0, 0.05) is 30.2 Å². The van der Waals surface area contributed by atoms with Gasteiger partial charge in [0.15, 0.2) is 0 Å². The lowest BCUT2D eigenvalue weighted by Crippen LogP contribution is -2.34. The highest BCUT2D eigenvalue weighted by Crippen LogP contribution is 2.27. The number of nitrogens with one attached hydrogen (secondary N) is 1. The molecule has 0 radical (unpaired) electrons. The number of amidine groups is 1. The molecule has 29 heavy (non-hydrogen) atoms. The van der Waals surface area contributed by atoms with Crippen LogP contribution in [0.15, 0.2) is 62.3 Å². The fraction of sp³-hybridized carbons (Fsp3) is 0.333. The first-order valence-corrected chi connectivity index (χ1v) is 11.6. The van der Waals surface area contributed by atoms with Crippen LogP contribution in [-0.4, -0.2) is 38.7 Å². The number of carbonyl (C=O) groups is 1. The summed E-state index contributed by atoms with van der Waals surface area (Å²) in [4.78, 5) is 14.8. The van der Waals surface area contributed by atoms with Crippen molar-refractivity contribution in [1.29, 1.82) is 0 Å². The van der Waals surface area contributed by atoms with Gasteiger partial charge in [-0.1, -0.05) is 34.1 Å². The van der Waals surface area contributed by atoms with Crippen LogP contribution in [0.1, 0.15) is 32.3 Å². The smallest absolute Gasteiger partial charge is 0.284 e. The van der Waals surface area contributed by atoms with Crippen molar-refractivity contribution in [3.8, 4) is 0 Å². The molecule has 0 aromatic heterocycles. The minimum absolute atomic E-state index is 0.0598. The lowest BCUT2D eigenvalue weighted by atomic mass is 9.83. The van der Waals surface area contributed by atoms with Gasteiger partial charge in [0.2, 0.25) is 5.91 Å². The molecule has 0 atom stereocenters. The van der Waals surface area contributed by atoms with Gasteiger partial charge in [-0.05, 0) is 56.2 Å². The van der Waals surface area contributed by atoms with Gasteiger partial charge in [-0.25, -0.2) is 0 Å². The zero-order chi connectivity index (χ0) is 21.2. The van der Waals surface area contributed by atoms with Gasteiger partial charge >= 0.3 is 0 Å². The molecule has 1 N–H and O–H groups in total. The number of amides is 1. The Labute approximate surface area is 180 Å². The standard InChI is InChI=1S/C21H24BrN3O3S/c1-21(2,15-9-11-16(22)12-10-15)20(26)23-17-6-4-7-18(14-17)29(27,28)24-19-8-5-13-25(19)3/h4,6-7,9-12,14H,5,8,13H2,1-3H3,(H,23,26). The molecule has 3 rings (SSSR count). The lowest BCUT2D eigenvalue weighted by molar-refractivity contribution is -0.120. The van der Waals surface area contributed by atoms with Crippen molar-refractivity contribution >= 4 is 43.4 Å². The van der Waals surface area contributed by atoms with Crippen molar-refractivity contribution < 1.29 is 13.2 Å². The molecule has 1 aliphatic heterocycles. The third-order valence-corrected chi connectivity index (χ3v) is 6.91. The van der Waals surface area contributed by atoms with Crippen LogP contribution in [0.2, 0.25) is 0 Å². The summed E-state index contributed by atoms with van der Waals surface area (Å²) in [5.74, 6) is 0.340. The van der Waals surface area contributed by atoms with E-state index >= 15 is 0 Å². The predicted molar refractivity (Wildman–Crippen MR) is 119 cm³/mol. The van der Waals surface area contributed by atoms with Gasteiger partial charge in [0.25, 0.3) is 10.0 Å². The summed E-state index contributed by atoms with van der Waals surface area (Å²) in [7, 11) is -2.00. The molecule has 0 unspecified atom stereocenters. The minimum atomic E-state index is -3.84. The molecule has 1 heterocycles. The van der Waals surface area contributed by atoms with Gasteiger partial charge in [0.1, 0.15) is 5.84 Å². The third-order valence-electron chi connectivity index (χ3n) is 5.08. The number of halogens is 1. The number of hydrogen-bond acceptors (Lipinski definition) is 3. The average Bonchev–Trinajstić information content (AvgIpc) is 3.06. The fourth-order valence-electron chi connectivity index (χ4n) is 3.12. The van der Waals surface area contributed by atoms with E-state index in [4.69, 9.17) is 0 Å². The van der Waals surface area contributed by atoms with Gasteiger partial charge in [-0.2, -0.15) is 8.42 Å². The summed E-state index contributed by atoms with van der Waals surface area (Å²) in [6, 6.07) is 13.8. The maximum atomic E-state index is 12.9. The second kappa shape index (κ2) is 8.28. The number of nitrogens with zero attached hydrogens (tertiary/aromatic N) is 2. The van der Waals surface area contributed by atoms with Crippen LogP contribution in [0.25, 0.3) is 0 Å². The summed E-state index contributed by atoms with van der Waals surface area (Å²) in [6.45, 7) is 4.46. The monoisotopic (exact) mass is 477 g/mol. The van der Waals surface area contributed by atoms with E-state index in [1.807, 2.05) is 50.1 Å². The number of benzene rings is 2. The molecule has 1 fully saturated rings. The highest BCUT2D eigenvalue weighted by molar-refractivity contribution is 9.10. The quantitative estimate of drug-likeness (QED) is 0.700. The summed E-state index contributed by atoms with van der Waals surface area (Å²) >= 11 is 3.39. The van der Waals surface area contributed by atoms with Gasteiger partial charge in [-0.15, -0.1) is 4.40 Å². The van der Waals surface area contributed by atoms with Crippen molar-refractivity contribution in [2.24, 2.45) is 4.40 Å². The molecule has 6 nitrogen and oxygen atoms in total. The van der Waals surface area contributed by atoms with E-state index in [0.29, 0.717) is 17.9 Å². The molecule has 0 aliphatic carbocycles. The Morgan fingerprint density at radius 3 is 2.48 bits per heavy atom. The van der Waals surface area contributed by atoms with E-state index in [2.05, 4.69) is 25.6 Å². The maximum Gasteiger partial charge on any atom is 0.284 e. The summed E-state index contributed by atoms with van der Waals surface area (Å²) in [6.07, 6.45) is 1.54. The number of anilines is 1. The number of likely N-dealkylation sites (tertiary alicyclic amines) is 1. The van der Waals surface area contributed by atoms with E-state index < -0.39 is 15.4 Å². The molecular formula is C21H24BrN3O3S. The Hall–Kier alpha value is -2.19. The Balaban J connectivity index is 1.82. The largest absolute Gasteiger partial charge is 0.362 e. The van der Waals surface area contributed by atoms with E-state index in [-0.39, 0.29) is 10.8 Å². The summed E-state index contributed by atoms with van der Waals surface area (Å²) in [5.41, 5.74) is 0.487. The molecule has 0 saturated carbocycles. The summed E-state index contributed by atoms with van der Waals surface area (Å²) < 4.78 is 30.3. The van der Waals surface area contributed by atoms with Crippen LogP contribution >= 0.6 is 15.9 Å². The first-order chi connectivity index (χ1) is 13.6. The molecule has 0 bridgehead atoms. The maximum absolute atomic E-state index is 12.9. The van der Waals surface area contributed by atoms with E-state index in [1.165, 1.54) is 12.1 Å². The molecular weight excluding hydrogens is 454 g/mol. The molecule has 2 aromatic carbocycles. The van der Waals surface area contributed by atoms with Crippen LogP contribution in [0.5, 0.6) is 0 Å². The Kier molecular flexibility index (Phi) is 6.14. The first-order valence-electron chi connectivity index (χ1n) is 9.32. The van der Waals surface area contributed by atoms with Crippen LogP contribution in [0.4, 0.5) is 5.69 Å². The Morgan fingerprint density at radius 1 is 1.17 bits per heavy atom. The SMILES string of the molecule is CN1CCCC1=NS(=O)(=O)c1cccc(NC(=O)C(C)(C)c2ccc(Br)cc2)c1. The number of sulfonamides is 1. The molecule has 154 valence electrons. The molecule has 8 heteroatoms.